The van der Waals surface area contributed by atoms with Gasteiger partial charge in [0.25, 0.3) is 0 Å². The number of fused-ring (bicyclic) bond motifs is 1. The molecule has 2 rings (SSSR count). The number of para-hydroxylation sites is 1. The minimum absolute atomic E-state index is 0.256. The Balaban J connectivity index is 2.34. The van der Waals surface area contributed by atoms with Gasteiger partial charge in [-0.15, -0.1) is 0 Å². The van der Waals surface area contributed by atoms with Crippen LogP contribution >= 0.6 is 0 Å². The van der Waals surface area contributed by atoms with Gasteiger partial charge >= 0.3 is 5.97 Å². The first-order valence-corrected chi connectivity index (χ1v) is 5.35. The maximum atomic E-state index is 11.6. The van der Waals surface area contributed by atoms with Crippen LogP contribution in [0, 0.1) is 0 Å². The van der Waals surface area contributed by atoms with E-state index >= 15 is 0 Å². The summed E-state index contributed by atoms with van der Waals surface area (Å²) in [6.07, 6.45) is 1.31. The van der Waals surface area contributed by atoms with Crippen molar-refractivity contribution in [2.45, 2.75) is 13.0 Å². The molecule has 0 saturated heterocycles. The molecular weight excluding hydrogens is 220 g/mol. The van der Waals surface area contributed by atoms with Crippen LogP contribution in [0.2, 0.25) is 0 Å². The van der Waals surface area contributed by atoms with Crippen molar-refractivity contribution < 1.29 is 19.1 Å². The fraction of sp³-hybridized carbons (Fsp3) is 0.231. The summed E-state index contributed by atoms with van der Waals surface area (Å²) in [7, 11) is 0. The molecule has 0 fully saturated rings. The smallest absolute Gasteiger partial charge is 0.352 e. The fourth-order valence-corrected chi connectivity index (χ4v) is 1.66. The lowest BCUT2D eigenvalue weighted by molar-refractivity contribution is -0.150. The number of rotatable bonds is 3. The van der Waals surface area contributed by atoms with Gasteiger partial charge in [0.05, 0.1) is 6.61 Å². The van der Waals surface area contributed by atoms with E-state index in [2.05, 4.69) is 0 Å². The number of carbonyl (C=O) groups excluding carboxylic acids is 2. The molecular formula is C13H12O4. The molecule has 4 nitrogen and oxygen atoms in total. The molecule has 1 aromatic rings. The van der Waals surface area contributed by atoms with Gasteiger partial charge in [-0.1, -0.05) is 18.2 Å². The Morgan fingerprint density at radius 3 is 2.94 bits per heavy atom. The largest absolute Gasteiger partial charge is 0.473 e. The molecule has 1 heterocycles. The maximum absolute atomic E-state index is 11.6. The Hall–Kier alpha value is -2.10. The highest BCUT2D eigenvalue weighted by molar-refractivity contribution is 5.95. The van der Waals surface area contributed by atoms with Crippen molar-refractivity contribution in [2.24, 2.45) is 0 Å². The van der Waals surface area contributed by atoms with E-state index in [1.807, 2.05) is 12.1 Å². The van der Waals surface area contributed by atoms with Crippen molar-refractivity contribution in [3.8, 4) is 5.75 Å². The number of carbonyl (C=O) groups is 2. The van der Waals surface area contributed by atoms with Crippen LogP contribution in [0.1, 0.15) is 12.5 Å². The zero-order chi connectivity index (χ0) is 12.3. The predicted molar refractivity (Wildman–Crippen MR) is 61.5 cm³/mol. The lowest BCUT2D eigenvalue weighted by Crippen LogP contribution is -2.33. The summed E-state index contributed by atoms with van der Waals surface area (Å²) >= 11 is 0. The summed E-state index contributed by atoms with van der Waals surface area (Å²) in [5.74, 6) is 0.0384. The highest BCUT2D eigenvalue weighted by Gasteiger charge is 2.30. The number of esters is 1. The van der Waals surface area contributed by atoms with Gasteiger partial charge in [-0.3, -0.25) is 4.79 Å². The van der Waals surface area contributed by atoms with Gasteiger partial charge in [-0.2, -0.15) is 0 Å². The highest BCUT2D eigenvalue weighted by Crippen LogP contribution is 2.28. The fourth-order valence-electron chi connectivity index (χ4n) is 1.66. The van der Waals surface area contributed by atoms with Gasteiger partial charge in [0.1, 0.15) is 12.0 Å². The van der Waals surface area contributed by atoms with Crippen molar-refractivity contribution in [3.05, 3.63) is 35.4 Å². The molecule has 1 aromatic carbocycles. The molecule has 0 amide bonds. The number of ether oxygens (including phenoxy) is 2. The maximum Gasteiger partial charge on any atom is 0.352 e. The van der Waals surface area contributed by atoms with E-state index in [1.165, 1.54) is 0 Å². The van der Waals surface area contributed by atoms with E-state index in [0.29, 0.717) is 12.0 Å². The molecule has 0 N–H and O–H groups in total. The summed E-state index contributed by atoms with van der Waals surface area (Å²) in [5, 5.41) is 0. The molecule has 0 spiro atoms. The monoisotopic (exact) mass is 232 g/mol. The summed E-state index contributed by atoms with van der Waals surface area (Å²) in [6.45, 7) is 1.96. The molecule has 88 valence electrons. The van der Waals surface area contributed by atoms with E-state index in [0.717, 1.165) is 5.56 Å². The molecule has 4 heteroatoms. The second-order valence-corrected chi connectivity index (χ2v) is 3.55. The first kappa shape index (κ1) is 11.4. The van der Waals surface area contributed by atoms with E-state index in [4.69, 9.17) is 9.47 Å². The molecule has 0 aromatic heterocycles. The molecule has 1 aliphatic heterocycles. The second kappa shape index (κ2) is 4.82. The van der Waals surface area contributed by atoms with Crippen molar-refractivity contribution in [1.82, 2.24) is 0 Å². The lowest BCUT2D eigenvalue weighted by atomic mass is 10.0. The zero-order valence-electron chi connectivity index (χ0n) is 9.38. The SMILES string of the molecule is CCOC(=O)C1Oc2ccccc2C=C1C=O. The van der Waals surface area contributed by atoms with Crippen molar-refractivity contribution in [3.63, 3.8) is 0 Å². The van der Waals surface area contributed by atoms with E-state index < -0.39 is 12.1 Å². The van der Waals surface area contributed by atoms with Crippen molar-refractivity contribution in [1.29, 1.82) is 0 Å². The molecule has 17 heavy (non-hydrogen) atoms. The van der Waals surface area contributed by atoms with Crippen LogP contribution in [-0.4, -0.2) is 25.0 Å². The number of aldehydes is 1. The van der Waals surface area contributed by atoms with Crippen molar-refractivity contribution in [2.75, 3.05) is 6.61 Å². The Morgan fingerprint density at radius 2 is 2.24 bits per heavy atom. The van der Waals surface area contributed by atoms with Gasteiger partial charge in [-0.05, 0) is 19.1 Å². The minimum atomic E-state index is -0.956. The van der Waals surface area contributed by atoms with Crippen molar-refractivity contribution >= 4 is 18.3 Å². The third-order valence-corrected chi connectivity index (χ3v) is 2.43. The van der Waals surface area contributed by atoms with Crippen LogP contribution in [-0.2, 0) is 14.3 Å². The first-order chi connectivity index (χ1) is 8.26. The topological polar surface area (TPSA) is 52.6 Å². The summed E-state index contributed by atoms with van der Waals surface area (Å²) in [5.41, 5.74) is 1.07. The Morgan fingerprint density at radius 1 is 1.47 bits per heavy atom. The first-order valence-electron chi connectivity index (χ1n) is 5.35. The van der Waals surface area contributed by atoms with Gasteiger partial charge in [0.15, 0.2) is 0 Å². The van der Waals surface area contributed by atoms with E-state index in [1.54, 1.807) is 25.1 Å². The Bertz CT molecular complexity index is 476. The third kappa shape index (κ3) is 2.20. The van der Waals surface area contributed by atoms with Gasteiger partial charge in [-0.25, -0.2) is 4.79 Å². The average Bonchev–Trinajstić information content (AvgIpc) is 2.37. The average molecular weight is 232 g/mol. The van der Waals surface area contributed by atoms with E-state index in [9.17, 15) is 9.59 Å². The molecule has 1 unspecified atom stereocenters. The molecule has 1 atom stereocenters. The van der Waals surface area contributed by atoms with Crippen LogP contribution in [0.5, 0.6) is 5.75 Å². The van der Waals surface area contributed by atoms with Crippen LogP contribution < -0.4 is 4.74 Å². The lowest BCUT2D eigenvalue weighted by Gasteiger charge is -2.22. The zero-order valence-corrected chi connectivity index (χ0v) is 9.38. The van der Waals surface area contributed by atoms with Gasteiger partial charge in [0, 0.05) is 11.1 Å². The predicted octanol–water partition coefficient (Wildman–Crippen LogP) is 1.59. The molecule has 1 aliphatic rings. The van der Waals surface area contributed by atoms with Crippen LogP contribution in [0.4, 0.5) is 0 Å². The summed E-state index contributed by atoms with van der Waals surface area (Å²) < 4.78 is 10.3. The molecule has 0 saturated carbocycles. The number of hydrogen-bond donors (Lipinski definition) is 0. The highest BCUT2D eigenvalue weighted by atomic mass is 16.6. The Labute approximate surface area is 98.8 Å². The van der Waals surface area contributed by atoms with Crippen LogP contribution in [0.15, 0.2) is 29.8 Å². The normalized spacial score (nSPS) is 17.5. The molecule has 0 radical (unpaired) electrons. The van der Waals surface area contributed by atoms with Gasteiger partial charge in [0.2, 0.25) is 6.10 Å². The third-order valence-electron chi connectivity index (χ3n) is 2.43. The quantitative estimate of drug-likeness (QED) is 0.586. The molecule has 0 aliphatic carbocycles. The number of hydrogen-bond acceptors (Lipinski definition) is 4. The van der Waals surface area contributed by atoms with Crippen LogP contribution in [0.3, 0.4) is 0 Å². The second-order valence-electron chi connectivity index (χ2n) is 3.55. The standard InChI is InChI=1S/C13H12O4/c1-2-16-13(15)12-10(8-14)7-9-5-3-4-6-11(9)17-12/h3-8,12H,2H2,1H3. The van der Waals surface area contributed by atoms with Crippen LogP contribution in [0.25, 0.3) is 6.08 Å². The minimum Gasteiger partial charge on any atom is -0.473 e. The summed E-state index contributed by atoms with van der Waals surface area (Å²) in [4.78, 5) is 22.6. The summed E-state index contributed by atoms with van der Waals surface area (Å²) in [6, 6.07) is 7.21. The Kier molecular flexibility index (Phi) is 3.23. The molecule has 0 bridgehead atoms. The number of benzene rings is 1. The van der Waals surface area contributed by atoms with Gasteiger partial charge < -0.3 is 9.47 Å². The van der Waals surface area contributed by atoms with E-state index in [-0.39, 0.29) is 12.2 Å².